The zero-order valence-corrected chi connectivity index (χ0v) is 13.3. The Morgan fingerprint density at radius 3 is 2.65 bits per heavy atom. The number of amides is 1. The number of hydrogen-bond acceptors (Lipinski definition) is 5. The Balaban J connectivity index is 1.77. The van der Waals surface area contributed by atoms with E-state index in [0.717, 1.165) is 11.5 Å². The van der Waals surface area contributed by atoms with Crippen molar-refractivity contribution in [1.29, 1.82) is 0 Å². The normalized spacial score (nSPS) is 10.7. The van der Waals surface area contributed by atoms with Crippen LogP contribution in [0.1, 0.15) is 16.2 Å². The zero-order valence-electron chi connectivity index (χ0n) is 13.3. The van der Waals surface area contributed by atoms with Gasteiger partial charge in [0.2, 0.25) is 0 Å². The minimum absolute atomic E-state index is 0.101. The van der Waals surface area contributed by atoms with Gasteiger partial charge in [-0.3, -0.25) is 9.20 Å². The third-order valence-electron chi connectivity index (χ3n) is 3.56. The highest BCUT2D eigenvalue weighted by atomic mass is 16.2. The Morgan fingerprint density at radius 2 is 1.96 bits per heavy atom. The summed E-state index contributed by atoms with van der Waals surface area (Å²) in [6.07, 6.45) is 3.48. The molecular weight excluding hydrogens is 292 g/mol. The van der Waals surface area contributed by atoms with Crippen LogP contribution in [0.5, 0.6) is 0 Å². The molecule has 3 rings (SSSR count). The molecule has 0 aromatic carbocycles. The molecule has 0 fully saturated rings. The van der Waals surface area contributed by atoms with Crippen molar-refractivity contribution in [3.8, 4) is 0 Å². The largest absolute Gasteiger partial charge is 0.363 e. The molecule has 0 atom stereocenters. The molecule has 0 bridgehead atoms. The van der Waals surface area contributed by atoms with Crippen LogP contribution in [-0.4, -0.2) is 51.5 Å². The average molecular weight is 310 g/mol. The second kappa shape index (κ2) is 6.04. The van der Waals surface area contributed by atoms with Crippen LogP contribution in [0.4, 0.5) is 5.82 Å². The summed E-state index contributed by atoms with van der Waals surface area (Å²) in [5, 5.41) is 8.24. The Bertz CT molecular complexity index is 824. The van der Waals surface area contributed by atoms with Gasteiger partial charge in [-0.1, -0.05) is 6.07 Å². The predicted octanol–water partition coefficient (Wildman–Crippen LogP) is 1.46. The minimum Gasteiger partial charge on any atom is -0.363 e. The van der Waals surface area contributed by atoms with E-state index in [1.54, 1.807) is 24.2 Å². The van der Waals surface area contributed by atoms with Gasteiger partial charge in [-0.2, -0.15) is 0 Å². The van der Waals surface area contributed by atoms with E-state index in [1.165, 1.54) is 0 Å². The van der Waals surface area contributed by atoms with Crippen LogP contribution >= 0.6 is 0 Å². The van der Waals surface area contributed by atoms with Crippen LogP contribution < -0.4 is 4.90 Å². The summed E-state index contributed by atoms with van der Waals surface area (Å²) in [6.45, 7) is 0.374. The molecule has 0 unspecified atom stereocenters. The van der Waals surface area contributed by atoms with Gasteiger partial charge in [-0.05, 0) is 24.3 Å². The first-order chi connectivity index (χ1) is 11.1. The fourth-order valence-corrected chi connectivity index (χ4v) is 2.28. The van der Waals surface area contributed by atoms with E-state index in [-0.39, 0.29) is 5.91 Å². The van der Waals surface area contributed by atoms with Crippen molar-refractivity contribution in [3.05, 3.63) is 54.1 Å². The molecule has 3 aromatic heterocycles. The van der Waals surface area contributed by atoms with Gasteiger partial charge < -0.3 is 9.80 Å². The van der Waals surface area contributed by atoms with Crippen LogP contribution in [0.15, 0.2) is 42.7 Å². The molecule has 0 aliphatic carbocycles. The summed E-state index contributed by atoms with van der Waals surface area (Å²) in [5.41, 5.74) is 1.31. The van der Waals surface area contributed by atoms with Gasteiger partial charge in [0.25, 0.3) is 5.91 Å². The van der Waals surface area contributed by atoms with Crippen molar-refractivity contribution < 1.29 is 4.79 Å². The molecule has 3 aromatic rings. The highest BCUT2D eigenvalue weighted by molar-refractivity contribution is 5.93. The summed E-state index contributed by atoms with van der Waals surface area (Å²) in [5.74, 6) is 1.43. The summed E-state index contributed by atoms with van der Waals surface area (Å²) in [4.78, 5) is 20.3. The number of rotatable bonds is 4. The number of hydrogen-bond donors (Lipinski definition) is 0. The Hall–Kier alpha value is -2.96. The third-order valence-corrected chi connectivity index (χ3v) is 3.56. The molecule has 118 valence electrons. The van der Waals surface area contributed by atoms with E-state index in [9.17, 15) is 4.79 Å². The van der Waals surface area contributed by atoms with Gasteiger partial charge in [0.15, 0.2) is 11.5 Å². The summed E-state index contributed by atoms with van der Waals surface area (Å²) >= 11 is 0. The average Bonchev–Trinajstić information content (AvgIpc) is 2.97. The zero-order chi connectivity index (χ0) is 16.4. The molecule has 0 saturated heterocycles. The second-order valence-electron chi connectivity index (χ2n) is 5.51. The minimum atomic E-state index is -0.101. The van der Waals surface area contributed by atoms with Crippen LogP contribution in [-0.2, 0) is 6.54 Å². The van der Waals surface area contributed by atoms with Gasteiger partial charge in [0.1, 0.15) is 5.82 Å². The highest BCUT2D eigenvalue weighted by Crippen LogP contribution is 2.11. The smallest absolute Gasteiger partial charge is 0.255 e. The maximum Gasteiger partial charge on any atom is 0.255 e. The molecule has 23 heavy (non-hydrogen) atoms. The SMILES string of the molecule is CN(Cc1nnc2ccccn12)C(=O)c1ccc(N(C)C)nc1. The maximum absolute atomic E-state index is 12.5. The molecule has 0 saturated carbocycles. The number of nitrogens with zero attached hydrogens (tertiary/aromatic N) is 6. The van der Waals surface area contributed by atoms with Crippen molar-refractivity contribution in [1.82, 2.24) is 24.5 Å². The third kappa shape index (κ3) is 2.98. The number of carbonyl (C=O) groups excluding carboxylic acids is 1. The van der Waals surface area contributed by atoms with Crippen LogP contribution in [0.3, 0.4) is 0 Å². The number of fused-ring (bicyclic) bond motifs is 1. The second-order valence-corrected chi connectivity index (χ2v) is 5.51. The summed E-state index contributed by atoms with van der Waals surface area (Å²) < 4.78 is 1.87. The van der Waals surface area contributed by atoms with Crippen LogP contribution in [0, 0.1) is 0 Å². The molecule has 7 heteroatoms. The van der Waals surface area contributed by atoms with Gasteiger partial charge in [0.05, 0.1) is 12.1 Å². The molecule has 0 aliphatic rings. The lowest BCUT2D eigenvalue weighted by atomic mass is 10.2. The number of carbonyl (C=O) groups is 1. The first-order valence-corrected chi connectivity index (χ1v) is 7.24. The Morgan fingerprint density at radius 1 is 1.13 bits per heavy atom. The molecule has 7 nitrogen and oxygen atoms in total. The Kier molecular flexibility index (Phi) is 3.92. The van der Waals surface area contributed by atoms with Crippen molar-refractivity contribution in [2.24, 2.45) is 0 Å². The molecule has 3 heterocycles. The van der Waals surface area contributed by atoms with Crippen molar-refractivity contribution in [3.63, 3.8) is 0 Å². The Labute approximate surface area is 134 Å². The molecule has 1 amide bonds. The molecule has 0 spiro atoms. The fraction of sp³-hybridized carbons (Fsp3) is 0.250. The number of anilines is 1. The van der Waals surface area contributed by atoms with Crippen molar-refractivity contribution >= 4 is 17.4 Å². The standard InChI is InChI=1S/C16H18N6O/c1-20(2)13-8-7-12(10-17-13)16(23)21(3)11-15-19-18-14-6-4-5-9-22(14)15/h4-10H,11H2,1-3H3. The van der Waals surface area contributed by atoms with Crippen LogP contribution in [0.2, 0.25) is 0 Å². The van der Waals surface area contributed by atoms with Gasteiger partial charge in [-0.25, -0.2) is 4.98 Å². The first kappa shape index (κ1) is 15.0. The van der Waals surface area contributed by atoms with Crippen molar-refractivity contribution in [2.45, 2.75) is 6.54 Å². The van der Waals surface area contributed by atoms with Crippen LogP contribution in [0.25, 0.3) is 5.65 Å². The van der Waals surface area contributed by atoms with Gasteiger partial charge in [0, 0.05) is 33.5 Å². The van der Waals surface area contributed by atoms with Gasteiger partial charge in [-0.15, -0.1) is 10.2 Å². The van der Waals surface area contributed by atoms with Crippen molar-refractivity contribution in [2.75, 3.05) is 26.0 Å². The van der Waals surface area contributed by atoms with E-state index < -0.39 is 0 Å². The topological polar surface area (TPSA) is 66.6 Å². The lowest BCUT2D eigenvalue weighted by Crippen LogP contribution is -2.27. The molecular formula is C16H18N6O. The lowest BCUT2D eigenvalue weighted by molar-refractivity contribution is 0.0781. The van der Waals surface area contributed by atoms with E-state index in [1.807, 2.05) is 53.9 Å². The number of pyridine rings is 2. The van der Waals surface area contributed by atoms with E-state index in [4.69, 9.17) is 0 Å². The fourth-order valence-electron chi connectivity index (χ4n) is 2.28. The lowest BCUT2D eigenvalue weighted by Gasteiger charge is -2.17. The molecule has 0 N–H and O–H groups in total. The molecule has 0 aliphatic heterocycles. The quantitative estimate of drug-likeness (QED) is 0.730. The van der Waals surface area contributed by atoms with E-state index in [2.05, 4.69) is 15.2 Å². The monoisotopic (exact) mass is 310 g/mol. The van der Waals surface area contributed by atoms with Gasteiger partial charge >= 0.3 is 0 Å². The molecule has 0 radical (unpaired) electrons. The van der Waals surface area contributed by atoms with E-state index >= 15 is 0 Å². The summed E-state index contributed by atoms with van der Waals surface area (Å²) in [6, 6.07) is 9.30. The maximum atomic E-state index is 12.5. The predicted molar refractivity (Wildman–Crippen MR) is 87.3 cm³/mol. The number of aromatic nitrogens is 4. The first-order valence-electron chi connectivity index (χ1n) is 7.24. The highest BCUT2D eigenvalue weighted by Gasteiger charge is 2.15. The summed E-state index contributed by atoms with van der Waals surface area (Å²) in [7, 11) is 5.56. The van der Waals surface area contributed by atoms with E-state index in [0.29, 0.717) is 17.9 Å².